The van der Waals surface area contributed by atoms with E-state index in [9.17, 15) is 8.42 Å². The van der Waals surface area contributed by atoms with Gasteiger partial charge in [0.1, 0.15) is 4.90 Å². The summed E-state index contributed by atoms with van der Waals surface area (Å²) in [7, 11) is 1.39. The van der Waals surface area contributed by atoms with E-state index in [1.807, 2.05) is 0 Å². The normalized spacial score (nSPS) is 12.1. The Labute approximate surface area is 78.4 Å². The van der Waals surface area contributed by atoms with Crippen molar-refractivity contribution >= 4 is 25.4 Å². The van der Waals surface area contributed by atoms with Crippen LogP contribution in [0.25, 0.3) is 5.65 Å². The molecule has 2 aromatic rings. The molecule has 68 valence electrons. The Morgan fingerprint density at radius 2 is 2.23 bits per heavy atom. The van der Waals surface area contributed by atoms with E-state index in [0.29, 0.717) is 5.65 Å². The summed E-state index contributed by atoms with van der Waals surface area (Å²) < 4.78 is 23.1. The zero-order valence-electron chi connectivity index (χ0n) is 6.25. The molecule has 0 amide bonds. The Morgan fingerprint density at radius 1 is 1.46 bits per heavy atom. The lowest BCUT2D eigenvalue weighted by molar-refractivity contribution is 0.608. The van der Waals surface area contributed by atoms with Crippen molar-refractivity contribution in [3.63, 3.8) is 0 Å². The zero-order valence-corrected chi connectivity index (χ0v) is 7.83. The largest absolute Gasteiger partial charge is 0.264 e. The third-order valence-electron chi connectivity index (χ3n) is 1.50. The first-order chi connectivity index (χ1) is 6.07. The minimum atomic E-state index is -3.72. The number of rotatable bonds is 1. The molecule has 0 saturated heterocycles. The van der Waals surface area contributed by atoms with Gasteiger partial charge in [-0.2, -0.15) is 5.10 Å². The third-order valence-corrected chi connectivity index (χ3v) is 2.81. The number of halogens is 1. The second-order valence-electron chi connectivity index (χ2n) is 2.36. The molecule has 13 heavy (non-hydrogen) atoms. The highest BCUT2D eigenvalue weighted by atomic mass is 35.7. The quantitative estimate of drug-likeness (QED) is 0.659. The van der Waals surface area contributed by atoms with E-state index in [1.165, 1.54) is 23.1 Å². The van der Waals surface area contributed by atoms with Crippen LogP contribution in [-0.4, -0.2) is 23.0 Å². The predicted molar refractivity (Wildman–Crippen MR) is 46.0 cm³/mol. The fourth-order valence-corrected chi connectivity index (χ4v) is 1.56. The first kappa shape index (κ1) is 8.46. The Morgan fingerprint density at radius 3 is 2.92 bits per heavy atom. The minimum Gasteiger partial charge on any atom is -0.236 e. The van der Waals surface area contributed by atoms with Crippen LogP contribution in [0.5, 0.6) is 0 Å². The number of fused-ring (bicyclic) bond motifs is 1. The van der Waals surface area contributed by atoms with Crippen LogP contribution in [-0.2, 0) is 9.05 Å². The SMILES string of the molecule is O=S(=O)(Cl)c1cnc2ccnn2c1. The van der Waals surface area contributed by atoms with E-state index in [4.69, 9.17) is 10.7 Å². The maximum Gasteiger partial charge on any atom is 0.264 e. The highest BCUT2D eigenvalue weighted by Crippen LogP contribution is 2.13. The summed E-state index contributed by atoms with van der Waals surface area (Å²) in [6.45, 7) is 0. The van der Waals surface area contributed by atoms with Crippen molar-refractivity contribution in [3.8, 4) is 0 Å². The van der Waals surface area contributed by atoms with Crippen molar-refractivity contribution in [2.75, 3.05) is 0 Å². The standard InChI is InChI=1S/C6H4ClN3O2S/c7-13(11,12)5-3-8-6-1-2-9-10(6)4-5/h1-4H. The fraction of sp³-hybridized carbons (Fsp3) is 0. The molecule has 0 aliphatic carbocycles. The molecule has 7 heteroatoms. The molecule has 0 aliphatic rings. The number of aromatic nitrogens is 3. The molecule has 0 atom stereocenters. The van der Waals surface area contributed by atoms with Crippen molar-refractivity contribution in [1.29, 1.82) is 0 Å². The van der Waals surface area contributed by atoms with E-state index in [1.54, 1.807) is 6.07 Å². The van der Waals surface area contributed by atoms with Gasteiger partial charge in [-0.25, -0.2) is 17.9 Å². The molecule has 0 N–H and O–H groups in total. The molecule has 2 heterocycles. The van der Waals surface area contributed by atoms with E-state index in [0.717, 1.165) is 0 Å². The van der Waals surface area contributed by atoms with Crippen LogP contribution in [0.3, 0.4) is 0 Å². The van der Waals surface area contributed by atoms with Gasteiger partial charge in [-0.3, -0.25) is 0 Å². The molecule has 0 fully saturated rings. The fourth-order valence-electron chi connectivity index (χ4n) is 0.919. The van der Waals surface area contributed by atoms with Gasteiger partial charge in [-0.05, 0) is 0 Å². The average molecular weight is 218 g/mol. The second-order valence-corrected chi connectivity index (χ2v) is 4.93. The van der Waals surface area contributed by atoms with E-state index in [2.05, 4.69) is 10.1 Å². The molecule has 0 unspecified atom stereocenters. The van der Waals surface area contributed by atoms with Crippen molar-refractivity contribution < 1.29 is 8.42 Å². The van der Waals surface area contributed by atoms with Crippen molar-refractivity contribution in [2.45, 2.75) is 4.90 Å². The summed E-state index contributed by atoms with van der Waals surface area (Å²) in [5.74, 6) is 0. The van der Waals surface area contributed by atoms with E-state index < -0.39 is 9.05 Å². The van der Waals surface area contributed by atoms with Gasteiger partial charge in [-0.15, -0.1) is 0 Å². The molecule has 0 aliphatic heterocycles. The Hall–Kier alpha value is -1.14. The first-order valence-corrected chi connectivity index (χ1v) is 5.62. The number of hydrogen-bond acceptors (Lipinski definition) is 4. The van der Waals surface area contributed by atoms with Gasteiger partial charge in [0.15, 0.2) is 5.65 Å². The van der Waals surface area contributed by atoms with Gasteiger partial charge < -0.3 is 0 Å². The summed E-state index contributed by atoms with van der Waals surface area (Å²) in [5, 5.41) is 3.82. The molecule has 0 saturated carbocycles. The van der Waals surface area contributed by atoms with Gasteiger partial charge in [0.05, 0.1) is 18.6 Å². The highest BCUT2D eigenvalue weighted by Gasteiger charge is 2.11. The van der Waals surface area contributed by atoms with Crippen LogP contribution < -0.4 is 0 Å². The summed E-state index contributed by atoms with van der Waals surface area (Å²) in [6.07, 6.45) is 4.02. The van der Waals surface area contributed by atoms with Gasteiger partial charge in [-0.1, -0.05) is 0 Å². The van der Waals surface area contributed by atoms with Crippen molar-refractivity contribution in [3.05, 3.63) is 24.7 Å². The Kier molecular flexibility index (Phi) is 1.74. The lowest BCUT2D eigenvalue weighted by Gasteiger charge is -1.95. The van der Waals surface area contributed by atoms with Crippen LogP contribution in [0.4, 0.5) is 0 Å². The topological polar surface area (TPSA) is 64.3 Å². The van der Waals surface area contributed by atoms with Gasteiger partial charge in [0, 0.05) is 16.7 Å². The molecule has 5 nitrogen and oxygen atoms in total. The molecule has 0 aromatic carbocycles. The van der Waals surface area contributed by atoms with Crippen LogP contribution in [0.2, 0.25) is 0 Å². The van der Waals surface area contributed by atoms with E-state index >= 15 is 0 Å². The van der Waals surface area contributed by atoms with Crippen molar-refractivity contribution in [2.24, 2.45) is 0 Å². The predicted octanol–water partition coefficient (Wildman–Crippen LogP) is 0.657. The van der Waals surface area contributed by atoms with E-state index in [-0.39, 0.29) is 4.90 Å². The average Bonchev–Trinajstić information content (AvgIpc) is 2.47. The molecule has 0 radical (unpaired) electrons. The Bertz CT molecular complexity index is 548. The summed E-state index contributed by atoms with van der Waals surface area (Å²) in [4.78, 5) is 3.78. The molecular weight excluding hydrogens is 214 g/mol. The molecule has 2 aromatic heterocycles. The maximum atomic E-state index is 10.9. The van der Waals surface area contributed by atoms with Gasteiger partial charge in [0.25, 0.3) is 9.05 Å². The van der Waals surface area contributed by atoms with Crippen molar-refractivity contribution in [1.82, 2.24) is 14.6 Å². The van der Waals surface area contributed by atoms with Crippen LogP contribution >= 0.6 is 10.7 Å². The summed E-state index contributed by atoms with van der Waals surface area (Å²) >= 11 is 0. The zero-order chi connectivity index (χ0) is 9.47. The van der Waals surface area contributed by atoms with Gasteiger partial charge in [0.2, 0.25) is 0 Å². The molecular formula is C6H4ClN3O2S. The summed E-state index contributed by atoms with van der Waals surface area (Å²) in [5.41, 5.74) is 0.573. The highest BCUT2D eigenvalue weighted by molar-refractivity contribution is 8.13. The second kappa shape index (κ2) is 2.68. The minimum absolute atomic E-state index is 0.0645. The Balaban J connectivity index is 2.75. The smallest absolute Gasteiger partial charge is 0.236 e. The number of nitrogens with zero attached hydrogens (tertiary/aromatic N) is 3. The summed E-state index contributed by atoms with van der Waals surface area (Å²) in [6, 6.07) is 1.66. The molecule has 2 rings (SSSR count). The third kappa shape index (κ3) is 1.50. The maximum absolute atomic E-state index is 10.9. The first-order valence-electron chi connectivity index (χ1n) is 3.31. The molecule has 0 bridgehead atoms. The van der Waals surface area contributed by atoms with Crippen LogP contribution in [0, 0.1) is 0 Å². The monoisotopic (exact) mass is 217 g/mol. The number of hydrogen-bond donors (Lipinski definition) is 0. The van der Waals surface area contributed by atoms with Crippen LogP contribution in [0.1, 0.15) is 0 Å². The molecule has 0 spiro atoms. The van der Waals surface area contributed by atoms with Crippen LogP contribution in [0.15, 0.2) is 29.6 Å². The lowest BCUT2D eigenvalue weighted by atomic mass is 10.6. The van der Waals surface area contributed by atoms with Gasteiger partial charge >= 0.3 is 0 Å². The lowest BCUT2D eigenvalue weighted by Crippen LogP contribution is -1.97.